The van der Waals surface area contributed by atoms with E-state index in [1.807, 2.05) is 6.07 Å². The fraction of sp³-hybridized carbons (Fsp3) is 0.615. The van der Waals surface area contributed by atoms with E-state index < -0.39 is 12.0 Å². The Morgan fingerprint density at radius 1 is 1.47 bits per heavy atom. The van der Waals surface area contributed by atoms with Gasteiger partial charge < -0.3 is 15.3 Å². The molecule has 0 radical (unpaired) electrons. The molecule has 0 amide bonds. The molecule has 1 atom stereocenters. The van der Waals surface area contributed by atoms with Crippen molar-refractivity contribution in [1.29, 1.82) is 0 Å². The van der Waals surface area contributed by atoms with Crippen molar-refractivity contribution in [3.63, 3.8) is 0 Å². The molecule has 0 bridgehead atoms. The number of aromatic nitrogens is 2. The van der Waals surface area contributed by atoms with Gasteiger partial charge in [-0.25, -0.2) is 9.97 Å². The Kier molecular flexibility index (Phi) is 4.19. The van der Waals surface area contributed by atoms with Crippen molar-refractivity contribution in [2.45, 2.75) is 32.7 Å². The predicted octanol–water partition coefficient (Wildman–Crippen LogP) is 1.60. The fourth-order valence-corrected chi connectivity index (χ4v) is 2.12. The number of rotatable bonds is 4. The third-order valence-electron chi connectivity index (χ3n) is 3.50. The van der Waals surface area contributed by atoms with Crippen molar-refractivity contribution in [2.24, 2.45) is 5.92 Å². The quantitative estimate of drug-likeness (QED) is 0.860. The molecule has 1 unspecified atom stereocenters. The molecule has 2 N–H and O–H groups in total. The average Bonchev–Trinajstić information content (AvgIpc) is 2.39. The van der Waals surface area contributed by atoms with E-state index in [4.69, 9.17) is 5.11 Å². The van der Waals surface area contributed by atoms with Crippen LogP contribution in [0.4, 0.5) is 11.6 Å². The molecule has 2 heterocycles. The van der Waals surface area contributed by atoms with E-state index >= 15 is 0 Å². The van der Waals surface area contributed by atoms with E-state index in [9.17, 15) is 4.79 Å². The highest BCUT2D eigenvalue weighted by molar-refractivity contribution is 5.76. The van der Waals surface area contributed by atoms with Gasteiger partial charge in [0, 0.05) is 19.2 Å². The summed E-state index contributed by atoms with van der Waals surface area (Å²) in [7, 11) is 0. The maximum atomic E-state index is 10.8. The molecule has 1 aliphatic rings. The van der Waals surface area contributed by atoms with Crippen LogP contribution in [0.5, 0.6) is 0 Å². The standard InChI is InChI=1S/C13H20N4O2/c1-9-3-5-17(6-4-9)12-7-11(14-8-15-12)16-10(2)13(18)19/h7-10H,3-6H2,1-2H3,(H,18,19)(H,14,15,16). The van der Waals surface area contributed by atoms with Crippen molar-refractivity contribution in [1.82, 2.24) is 9.97 Å². The summed E-state index contributed by atoms with van der Waals surface area (Å²) in [6.07, 6.45) is 3.81. The van der Waals surface area contributed by atoms with Crippen LogP contribution >= 0.6 is 0 Å². The molecule has 0 aromatic carbocycles. The molecule has 19 heavy (non-hydrogen) atoms. The lowest BCUT2D eigenvalue weighted by Gasteiger charge is -2.31. The zero-order valence-electron chi connectivity index (χ0n) is 11.3. The summed E-state index contributed by atoms with van der Waals surface area (Å²) < 4.78 is 0. The van der Waals surface area contributed by atoms with Crippen LogP contribution in [0.1, 0.15) is 26.7 Å². The van der Waals surface area contributed by atoms with Gasteiger partial charge in [0.2, 0.25) is 0 Å². The minimum Gasteiger partial charge on any atom is -0.480 e. The minimum absolute atomic E-state index is 0.554. The van der Waals surface area contributed by atoms with Gasteiger partial charge >= 0.3 is 5.97 Å². The predicted molar refractivity (Wildman–Crippen MR) is 73.4 cm³/mol. The molecule has 0 spiro atoms. The number of nitrogens with zero attached hydrogens (tertiary/aromatic N) is 3. The highest BCUT2D eigenvalue weighted by Crippen LogP contribution is 2.22. The van der Waals surface area contributed by atoms with Crippen LogP contribution < -0.4 is 10.2 Å². The molecule has 6 heteroatoms. The molecule has 1 saturated heterocycles. The van der Waals surface area contributed by atoms with Gasteiger partial charge in [-0.05, 0) is 25.7 Å². The van der Waals surface area contributed by atoms with Gasteiger partial charge in [0.05, 0.1) is 0 Å². The molecule has 1 aromatic heterocycles. The van der Waals surface area contributed by atoms with E-state index in [2.05, 4.69) is 27.1 Å². The molecule has 2 rings (SSSR count). The fourth-order valence-electron chi connectivity index (χ4n) is 2.12. The van der Waals surface area contributed by atoms with E-state index in [0.29, 0.717) is 5.82 Å². The Hall–Kier alpha value is -1.85. The van der Waals surface area contributed by atoms with Gasteiger partial charge in [-0.2, -0.15) is 0 Å². The zero-order chi connectivity index (χ0) is 13.8. The molecule has 6 nitrogen and oxygen atoms in total. The average molecular weight is 264 g/mol. The zero-order valence-corrected chi connectivity index (χ0v) is 11.3. The first-order valence-electron chi connectivity index (χ1n) is 6.62. The Balaban J connectivity index is 2.04. The van der Waals surface area contributed by atoms with Crippen LogP contribution in [-0.2, 0) is 4.79 Å². The van der Waals surface area contributed by atoms with Gasteiger partial charge in [0.1, 0.15) is 24.0 Å². The molecular formula is C13H20N4O2. The van der Waals surface area contributed by atoms with Gasteiger partial charge in [-0.15, -0.1) is 0 Å². The lowest BCUT2D eigenvalue weighted by molar-refractivity contribution is -0.137. The van der Waals surface area contributed by atoms with Crippen LogP contribution in [0.2, 0.25) is 0 Å². The van der Waals surface area contributed by atoms with Crippen molar-refractivity contribution >= 4 is 17.6 Å². The van der Waals surface area contributed by atoms with Crippen LogP contribution in [0, 0.1) is 5.92 Å². The highest BCUT2D eigenvalue weighted by atomic mass is 16.4. The van der Waals surface area contributed by atoms with Crippen LogP contribution in [-0.4, -0.2) is 40.2 Å². The second kappa shape index (κ2) is 5.86. The molecule has 0 saturated carbocycles. The van der Waals surface area contributed by atoms with Crippen LogP contribution in [0.15, 0.2) is 12.4 Å². The summed E-state index contributed by atoms with van der Waals surface area (Å²) in [4.78, 5) is 21.4. The van der Waals surface area contributed by atoms with Gasteiger partial charge in [-0.3, -0.25) is 4.79 Å². The van der Waals surface area contributed by atoms with Gasteiger partial charge in [0.15, 0.2) is 0 Å². The van der Waals surface area contributed by atoms with E-state index in [-0.39, 0.29) is 0 Å². The summed E-state index contributed by atoms with van der Waals surface area (Å²) in [6.45, 7) is 5.84. The smallest absolute Gasteiger partial charge is 0.325 e. The van der Waals surface area contributed by atoms with Gasteiger partial charge in [-0.1, -0.05) is 6.92 Å². The summed E-state index contributed by atoms with van der Waals surface area (Å²) >= 11 is 0. The molecule has 1 fully saturated rings. The number of anilines is 2. The molecule has 1 aliphatic heterocycles. The number of hydrogen-bond acceptors (Lipinski definition) is 5. The summed E-state index contributed by atoms with van der Waals surface area (Å²) in [5, 5.41) is 11.7. The van der Waals surface area contributed by atoms with Crippen molar-refractivity contribution in [3.05, 3.63) is 12.4 Å². The normalized spacial score (nSPS) is 18.1. The lowest BCUT2D eigenvalue weighted by atomic mass is 9.99. The number of nitrogens with one attached hydrogen (secondary N) is 1. The highest BCUT2D eigenvalue weighted by Gasteiger charge is 2.18. The number of hydrogen-bond donors (Lipinski definition) is 2. The molecular weight excluding hydrogens is 244 g/mol. The first-order valence-corrected chi connectivity index (χ1v) is 6.62. The number of carboxylic acids is 1. The number of carboxylic acid groups (broad SMARTS) is 1. The second-order valence-electron chi connectivity index (χ2n) is 5.14. The number of carbonyl (C=O) groups is 1. The van der Waals surface area contributed by atoms with Crippen molar-refractivity contribution in [3.8, 4) is 0 Å². The van der Waals surface area contributed by atoms with Crippen LogP contribution in [0.25, 0.3) is 0 Å². The van der Waals surface area contributed by atoms with Crippen molar-refractivity contribution in [2.75, 3.05) is 23.3 Å². The SMILES string of the molecule is CC1CCN(c2cc(NC(C)C(=O)O)ncn2)CC1. The minimum atomic E-state index is -0.896. The topological polar surface area (TPSA) is 78.4 Å². The third-order valence-corrected chi connectivity index (χ3v) is 3.50. The first-order chi connectivity index (χ1) is 9.06. The number of aliphatic carboxylic acids is 1. The lowest BCUT2D eigenvalue weighted by Crippen LogP contribution is -2.33. The van der Waals surface area contributed by atoms with Crippen LogP contribution in [0.3, 0.4) is 0 Å². The second-order valence-corrected chi connectivity index (χ2v) is 5.14. The molecule has 1 aromatic rings. The van der Waals surface area contributed by atoms with E-state index in [0.717, 1.165) is 37.7 Å². The first kappa shape index (κ1) is 13.6. The van der Waals surface area contributed by atoms with E-state index in [1.165, 1.54) is 6.33 Å². The van der Waals surface area contributed by atoms with E-state index in [1.54, 1.807) is 6.92 Å². The van der Waals surface area contributed by atoms with Gasteiger partial charge in [0.25, 0.3) is 0 Å². The maximum Gasteiger partial charge on any atom is 0.325 e. The Morgan fingerprint density at radius 2 is 2.16 bits per heavy atom. The summed E-state index contributed by atoms with van der Waals surface area (Å²) in [5.41, 5.74) is 0. The molecule has 104 valence electrons. The maximum absolute atomic E-state index is 10.8. The summed E-state index contributed by atoms with van der Waals surface area (Å²) in [5.74, 6) is 1.29. The summed E-state index contributed by atoms with van der Waals surface area (Å²) in [6, 6.07) is 1.15. The Bertz CT molecular complexity index is 444. The number of piperidine rings is 1. The van der Waals surface area contributed by atoms with Crippen molar-refractivity contribution < 1.29 is 9.90 Å². The third kappa shape index (κ3) is 3.56. The Labute approximate surface area is 112 Å². The largest absolute Gasteiger partial charge is 0.480 e. The monoisotopic (exact) mass is 264 g/mol. The Morgan fingerprint density at radius 3 is 2.79 bits per heavy atom. The molecule has 0 aliphatic carbocycles.